The lowest BCUT2D eigenvalue weighted by atomic mass is 9.77. The normalized spacial score (nSPS) is 30.0. The Morgan fingerprint density at radius 1 is 0.844 bits per heavy atom. The number of nitrogens with zero attached hydrogens (tertiary/aromatic N) is 3. The van der Waals surface area contributed by atoms with E-state index < -0.39 is 66.3 Å². The molecule has 2 aliphatic rings. The summed E-state index contributed by atoms with van der Waals surface area (Å²) in [6.45, 7) is 5.77. The van der Waals surface area contributed by atoms with E-state index in [1.54, 1.807) is 11.8 Å². The van der Waals surface area contributed by atoms with Crippen molar-refractivity contribution in [1.82, 2.24) is 14.9 Å². The molecule has 0 radical (unpaired) electrons. The lowest BCUT2D eigenvalue weighted by Crippen LogP contribution is -2.64. The maximum atomic E-state index is 13.3. The highest BCUT2D eigenvalue weighted by atomic mass is 19.4. The molecule has 0 aromatic carbocycles. The highest BCUT2D eigenvalue weighted by Gasteiger charge is 2.44. The van der Waals surface area contributed by atoms with Crippen LogP contribution in [-0.2, 0) is 17.1 Å². The van der Waals surface area contributed by atoms with Crippen molar-refractivity contribution in [3.63, 3.8) is 0 Å². The van der Waals surface area contributed by atoms with Gasteiger partial charge in [0.05, 0.1) is 31.0 Å². The average Bonchev–Trinajstić information content (AvgIpc) is 2.96. The fourth-order valence-corrected chi connectivity index (χ4v) is 6.33. The second-order valence-electron chi connectivity index (χ2n) is 12.3. The number of piperidine rings is 1. The fraction of sp³-hybridized carbons (Fsp3) is 0.667. The van der Waals surface area contributed by atoms with Crippen molar-refractivity contribution in [1.29, 1.82) is 0 Å². The van der Waals surface area contributed by atoms with Crippen LogP contribution in [0.3, 0.4) is 0 Å². The van der Waals surface area contributed by atoms with Crippen LogP contribution in [-0.4, -0.2) is 86.0 Å². The quantitative estimate of drug-likeness (QED) is 0.232. The standard InChI is InChI=1S/C30H41F6N5O4/c1-4-20-27(44)26(43)19(38-24-10-6-8-22(40-24)30(34,35)36)14-41(20)15-45-28-18(12-11-17(25(28)42)13-16(2)3)37-23-9-5-7-21(39-23)29(31,32)33/h5-10,16-20,25-28,42-44H,4,11-15H2,1-3H3,(H,37,39)(H,38,40)/t17?,18-,19-,20+,25?,26+,27-,28?/m0/s1. The van der Waals surface area contributed by atoms with Crippen molar-refractivity contribution in [2.75, 3.05) is 23.9 Å². The van der Waals surface area contributed by atoms with E-state index in [1.165, 1.54) is 24.3 Å². The summed E-state index contributed by atoms with van der Waals surface area (Å²) in [7, 11) is 0. The number of alkyl halides is 6. The van der Waals surface area contributed by atoms with Crippen molar-refractivity contribution in [3.8, 4) is 0 Å². The van der Waals surface area contributed by atoms with Gasteiger partial charge in [0.1, 0.15) is 35.2 Å². The van der Waals surface area contributed by atoms with Gasteiger partial charge in [-0.2, -0.15) is 26.3 Å². The topological polar surface area (TPSA) is 123 Å². The summed E-state index contributed by atoms with van der Waals surface area (Å²) in [5, 5.41) is 39.0. The van der Waals surface area contributed by atoms with Crippen molar-refractivity contribution in [2.24, 2.45) is 11.8 Å². The number of pyridine rings is 2. The Morgan fingerprint density at radius 2 is 1.40 bits per heavy atom. The molecule has 5 N–H and O–H groups in total. The first kappa shape index (κ1) is 35.1. The first-order valence-corrected chi connectivity index (χ1v) is 15.1. The largest absolute Gasteiger partial charge is 0.433 e. The molecule has 3 heterocycles. The van der Waals surface area contributed by atoms with Gasteiger partial charge in [0.2, 0.25) is 0 Å². The van der Waals surface area contributed by atoms with Gasteiger partial charge < -0.3 is 30.7 Å². The third kappa shape index (κ3) is 8.76. The first-order valence-electron chi connectivity index (χ1n) is 15.1. The molecule has 2 aromatic rings. The molecule has 8 atom stereocenters. The summed E-state index contributed by atoms with van der Waals surface area (Å²) in [6.07, 6.45) is -11.6. The molecule has 0 bridgehead atoms. The Kier molecular flexibility index (Phi) is 11.2. The van der Waals surface area contributed by atoms with Gasteiger partial charge in [0.15, 0.2) is 0 Å². The van der Waals surface area contributed by atoms with Crippen LogP contribution in [0.5, 0.6) is 0 Å². The minimum absolute atomic E-state index is 0.0151. The molecular formula is C30H41F6N5O4. The SMILES string of the molecule is CC[C@@H]1[C@H](O)[C@H](O)[C@@H](Nc2cccc(C(F)(F)F)n2)CN1COC1C(O)C(CC(C)C)CC[C@@H]1Nc1cccc(C(F)(F)F)n1. The molecule has 2 aromatic heterocycles. The molecule has 9 nitrogen and oxygen atoms in total. The number of aliphatic hydroxyl groups is 3. The number of hydrogen-bond donors (Lipinski definition) is 5. The zero-order valence-corrected chi connectivity index (χ0v) is 25.3. The summed E-state index contributed by atoms with van der Waals surface area (Å²) in [5.41, 5.74) is -2.17. The Labute approximate surface area is 258 Å². The molecule has 3 unspecified atom stereocenters. The maximum absolute atomic E-state index is 13.3. The van der Waals surface area contributed by atoms with Crippen LogP contribution in [0.15, 0.2) is 36.4 Å². The molecule has 1 aliphatic heterocycles. The summed E-state index contributed by atoms with van der Waals surface area (Å²) >= 11 is 0. The Bertz CT molecular complexity index is 1250. The molecule has 1 saturated heterocycles. The lowest BCUT2D eigenvalue weighted by molar-refractivity contribution is -0.156. The van der Waals surface area contributed by atoms with Gasteiger partial charge in [-0.3, -0.25) is 4.90 Å². The van der Waals surface area contributed by atoms with E-state index in [1.807, 2.05) is 13.8 Å². The maximum Gasteiger partial charge on any atom is 0.433 e. The van der Waals surface area contributed by atoms with Crippen LogP contribution in [0.2, 0.25) is 0 Å². The minimum Gasteiger partial charge on any atom is -0.390 e. The van der Waals surface area contributed by atoms with Gasteiger partial charge in [-0.05, 0) is 61.8 Å². The van der Waals surface area contributed by atoms with E-state index in [-0.39, 0.29) is 36.7 Å². The molecule has 45 heavy (non-hydrogen) atoms. The summed E-state index contributed by atoms with van der Waals surface area (Å²) < 4.78 is 85.8. The van der Waals surface area contributed by atoms with Crippen molar-refractivity contribution in [3.05, 3.63) is 47.8 Å². The van der Waals surface area contributed by atoms with Gasteiger partial charge in [-0.25, -0.2) is 9.97 Å². The van der Waals surface area contributed by atoms with Gasteiger partial charge >= 0.3 is 12.4 Å². The smallest absolute Gasteiger partial charge is 0.390 e. The Hall–Kier alpha value is -2.72. The highest BCUT2D eigenvalue weighted by Crippen LogP contribution is 2.35. The monoisotopic (exact) mass is 649 g/mol. The number of rotatable bonds is 10. The second-order valence-corrected chi connectivity index (χ2v) is 12.3. The predicted molar refractivity (Wildman–Crippen MR) is 154 cm³/mol. The summed E-state index contributed by atoms with van der Waals surface area (Å²) in [5.74, 6) is 0.00630. The average molecular weight is 650 g/mol. The van der Waals surface area contributed by atoms with E-state index >= 15 is 0 Å². The van der Waals surface area contributed by atoms with E-state index in [4.69, 9.17) is 4.74 Å². The van der Waals surface area contributed by atoms with Gasteiger partial charge in [-0.1, -0.05) is 32.9 Å². The fourth-order valence-electron chi connectivity index (χ4n) is 6.33. The lowest BCUT2D eigenvalue weighted by Gasteiger charge is -2.47. The number of halogens is 6. The van der Waals surface area contributed by atoms with Gasteiger partial charge in [0.25, 0.3) is 0 Å². The van der Waals surface area contributed by atoms with Crippen LogP contribution in [0.4, 0.5) is 38.0 Å². The van der Waals surface area contributed by atoms with Crippen molar-refractivity contribution < 1.29 is 46.4 Å². The van der Waals surface area contributed by atoms with Crippen LogP contribution >= 0.6 is 0 Å². The zero-order valence-electron chi connectivity index (χ0n) is 25.3. The summed E-state index contributed by atoms with van der Waals surface area (Å²) in [4.78, 5) is 9.02. The Balaban J connectivity index is 1.53. The van der Waals surface area contributed by atoms with Crippen LogP contribution in [0.1, 0.15) is 57.8 Å². The van der Waals surface area contributed by atoms with Crippen LogP contribution in [0.25, 0.3) is 0 Å². The minimum atomic E-state index is -4.67. The third-order valence-corrected chi connectivity index (χ3v) is 8.49. The predicted octanol–water partition coefficient (Wildman–Crippen LogP) is 4.75. The van der Waals surface area contributed by atoms with Crippen molar-refractivity contribution in [2.45, 2.75) is 101 Å². The molecule has 0 spiro atoms. The van der Waals surface area contributed by atoms with Gasteiger partial charge in [-0.15, -0.1) is 0 Å². The molecular weight excluding hydrogens is 608 g/mol. The molecule has 4 rings (SSSR count). The Morgan fingerprint density at radius 3 is 1.91 bits per heavy atom. The van der Waals surface area contributed by atoms with E-state index in [0.29, 0.717) is 25.7 Å². The number of nitrogens with one attached hydrogen (secondary N) is 2. The number of likely N-dealkylation sites (tertiary alicyclic amines) is 1. The first-order chi connectivity index (χ1) is 21.1. The second kappa shape index (κ2) is 14.4. The number of aromatic nitrogens is 2. The molecule has 252 valence electrons. The number of hydrogen-bond acceptors (Lipinski definition) is 9. The molecule has 0 amide bonds. The molecule has 1 aliphatic carbocycles. The number of aliphatic hydroxyl groups excluding tert-OH is 3. The van der Waals surface area contributed by atoms with Crippen LogP contribution < -0.4 is 10.6 Å². The molecule has 1 saturated carbocycles. The van der Waals surface area contributed by atoms with Crippen LogP contribution in [0, 0.1) is 11.8 Å². The highest BCUT2D eigenvalue weighted by molar-refractivity contribution is 5.39. The van der Waals surface area contributed by atoms with E-state index in [0.717, 1.165) is 12.1 Å². The molecule has 2 fully saturated rings. The molecule has 15 heteroatoms. The third-order valence-electron chi connectivity index (χ3n) is 8.49. The zero-order chi connectivity index (χ0) is 33.1. The van der Waals surface area contributed by atoms with Crippen molar-refractivity contribution >= 4 is 11.6 Å². The van der Waals surface area contributed by atoms with E-state index in [9.17, 15) is 41.7 Å². The van der Waals surface area contributed by atoms with Gasteiger partial charge in [0, 0.05) is 12.6 Å². The number of ether oxygens (including phenoxy) is 1. The number of anilines is 2. The summed E-state index contributed by atoms with van der Waals surface area (Å²) in [6, 6.07) is 4.76. The van der Waals surface area contributed by atoms with E-state index in [2.05, 4.69) is 20.6 Å².